The fourth-order valence-electron chi connectivity index (χ4n) is 2.05. The van der Waals surface area contributed by atoms with Crippen molar-refractivity contribution in [1.29, 1.82) is 0 Å². The number of rotatable bonds is 7. The summed E-state index contributed by atoms with van der Waals surface area (Å²) in [7, 11) is 4.84. The first-order valence-corrected chi connectivity index (χ1v) is 7.48. The zero-order valence-corrected chi connectivity index (χ0v) is 13.5. The summed E-state index contributed by atoms with van der Waals surface area (Å²) in [5.41, 5.74) is 2.91. The van der Waals surface area contributed by atoms with Crippen LogP contribution in [-0.4, -0.2) is 26.3 Å². The molecule has 0 amide bonds. The van der Waals surface area contributed by atoms with E-state index in [-0.39, 0.29) is 6.04 Å². The van der Waals surface area contributed by atoms with E-state index in [9.17, 15) is 0 Å². The molecule has 2 aromatic rings. The highest BCUT2D eigenvalue weighted by molar-refractivity contribution is 7.09. The predicted molar refractivity (Wildman–Crippen MR) is 83.5 cm³/mol. The summed E-state index contributed by atoms with van der Waals surface area (Å²) in [5.74, 6) is 1.94. The van der Waals surface area contributed by atoms with Crippen molar-refractivity contribution in [3.05, 3.63) is 34.3 Å². The standard InChI is InChI=1S/C15H20N2O3S/c1-10(14-8-16-9-21-14)17-7-11-5-12(18-2)15(20-4)13(6-11)19-3/h5-6,8-10,17H,7H2,1-4H3. The second-order valence-corrected chi connectivity index (χ2v) is 5.46. The lowest BCUT2D eigenvalue weighted by molar-refractivity contribution is 0.323. The van der Waals surface area contributed by atoms with Crippen LogP contribution in [0.5, 0.6) is 17.2 Å². The molecule has 1 aromatic carbocycles. The largest absolute Gasteiger partial charge is 0.493 e. The van der Waals surface area contributed by atoms with Crippen molar-refractivity contribution in [2.24, 2.45) is 0 Å². The molecule has 1 heterocycles. The van der Waals surface area contributed by atoms with Gasteiger partial charge in [-0.25, -0.2) is 0 Å². The number of thiazole rings is 1. The Hall–Kier alpha value is -1.79. The van der Waals surface area contributed by atoms with Crippen molar-refractivity contribution in [1.82, 2.24) is 10.3 Å². The first kappa shape index (κ1) is 15.6. The summed E-state index contributed by atoms with van der Waals surface area (Å²) in [4.78, 5) is 5.31. The lowest BCUT2D eigenvalue weighted by atomic mass is 10.1. The van der Waals surface area contributed by atoms with Gasteiger partial charge >= 0.3 is 0 Å². The molecule has 1 unspecified atom stereocenters. The molecule has 6 heteroatoms. The van der Waals surface area contributed by atoms with Crippen molar-refractivity contribution >= 4 is 11.3 Å². The Kier molecular flexibility index (Phi) is 5.41. The normalized spacial score (nSPS) is 12.0. The van der Waals surface area contributed by atoms with Crippen LogP contribution in [0.2, 0.25) is 0 Å². The number of hydrogen-bond acceptors (Lipinski definition) is 6. The lowest BCUT2D eigenvalue weighted by Crippen LogP contribution is -2.17. The quantitative estimate of drug-likeness (QED) is 0.852. The maximum atomic E-state index is 5.36. The summed E-state index contributed by atoms with van der Waals surface area (Å²) >= 11 is 1.64. The molecule has 2 rings (SSSR count). The topological polar surface area (TPSA) is 52.6 Å². The third-order valence-electron chi connectivity index (χ3n) is 3.22. The van der Waals surface area contributed by atoms with Crippen LogP contribution in [0.25, 0.3) is 0 Å². The fourth-order valence-corrected chi connectivity index (χ4v) is 2.70. The molecule has 21 heavy (non-hydrogen) atoms. The fraction of sp³-hybridized carbons (Fsp3) is 0.400. The van der Waals surface area contributed by atoms with Crippen molar-refractivity contribution in [3.8, 4) is 17.2 Å². The number of ether oxygens (including phenoxy) is 3. The molecule has 0 radical (unpaired) electrons. The molecule has 0 saturated heterocycles. The maximum absolute atomic E-state index is 5.36. The first-order chi connectivity index (χ1) is 10.2. The molecule has 0 spiro atoms. The Morgan fingerprint density at radius 2 is 1.81 bits per heavy atom. The van der Waals surface area contributed by atoms with Gasteiger partial charge in [-0.05, 0) is 24.6 Å². The van der Waals surface area contributed by atoms with Crippen molar-refractivity contribution in [2.75, 3.05) is 21.3 Å². The average molecular weight is 308 g/mol. The molecule has 5 nitrogen and oxygen atoms in total. The van der Waals surface area contributed by atoms with Crippen molar-refractivity contribution < 1.29 is 14.2 Å². The van der Waals surface area contributed by atoms with Gasteiger partial charge < -0.3 is 19.5 Å². The highest BCUT2D eigenvalue weighted by atomic mass is 32.1. The minimum atomic E-state index is 0.247. The molecule has 0 aliphatic heterocycles. The first-order valence-electron chi connectivity index (χ1n) is 6.60. The van der Waals surface area contributed by atoms with Crippen LogP contribution in [0.15, 0.2) is 23.8 Å². The number of benzene rings is 1. The molecule has 1 aromatic heterocycles. The van der Waals surface area contributed by atoms with Gasteiger partial charge in [-0.15, -0.1) is 11.3 Å². The summed E-state index contributed by atoms with van der Waals surface area (Å²) in [6.45, 7) is 2.82. The Bertz CT molecular complexity index is 547. The van der Waals surface area contributed by atoms with Crippen molar-refractivity contribution in [3.63, 3.8) is 0 Å². The highest BCUT2D eigenvalue weighted by Crippen LogP contribution is 2.38. The average Bonchev–Trinajstić information content (AvgIpc) is 3.05. The van der Waals surface area contributed by atoms with Gasteiger partial charge in [0.25, 0.3) is 0 Å². The smallest absolute Gasteiger partial charge is 0.203 e. The number of methoxy groups -OCH3 is 3. The van der Waals surface area contributed by atoms with E-state index in [1.807, 2.05) is 23.8 Å². The number of nitrogens with one attached hydrogen (secondary N) is 1. The third kappa shape index (κ3) is 3.65. The minimum absolute atomic E-state index is 0.247. The van der Waals surface area contributed by atoms with Crippen LogP contribution in [0.4, 0.5) is 0 Å². The molecule has 1 atom stereocenters. The minimum Gasteiger partial charge on any atom is -0.493 e. The van der Waals surface area contributed by atoms with Crippen LogP contribution in [0.3, 0.4) is 0 Å². The van der Waals surface area contributed by atoms with Crippen LogP contribution < -0.4 is 19.5 Å². The summed E-state index contributed by atoms with van der Waals surface area (Å²) in [6, 6.07) is 4.15. The van der Waals surface area contributed by atoms with Crippen molar-refractivity contribution in [2.45, 2.75) is 19.5 Å². The molecule has 0 aliphatic carbocycles. The van der Waals surface area contributed by atoms with E-state index in [0.717, 1.165) is 5.56 Å². The van der Waals surface area contributed by atoms with Gasteiger partial charge in [-0.1, -0.05) is 0 Å². The molecule has 114 valence electrons. The number of hydrogen-bond donors (Lipinski definition) is 1. The number of nitrogens with zero attached hydrogens (tertiary/aromatic N) is 1. The van der Waals surface area contributed by atoms with Gasteiger partial charge in [-0.2, -0.15) is 0 Å². The van der Waals surface area contributed by atoms with E-state index in [1.165, 1.54) is 4.88 Å². The van der Waals surface area contributed by atoms with Crippen LogP contribution in [-0.2, 0) is 6.54 Å². The Morgan fingerprint density at radius 1 is 1.14 bits per heavy atom. The molecular weight excluding hydrogens is 288 g/mol. The van der Waals surface area contributed by atoms with E-state index in [0.29, 0.717) is 23.8 Å². The van der Waals surface area contributed by atoms with E-state index >= 15 is 0 Å². The van der Waals surface area contributed by atoms with Gasteiger partial charge in [0.05, 0.1) is 26.8 Å². The van der Waals surface area contributed by atoms with E-state index in [2.05, 4.69) is 17.2 Å². The second-order valence-electron chi connectivity index (χ2n) is 4.54. The third-order valence-corrected chi connectivity index (χ3v) is 4.17. The molecule has 0 aliphatic rings. The molecular formula is C15H20N2O3S. The Morgan fingerprint density at radius 3 is 2.29 bits per heavy atom. The monoisotopic (exact) mass is 308 g/mol. The van der Waals surface area contributed by atoms with Gasteiger partial charge in [0.2, 0.25) is 5.75 Å². The Labute approximate surface area is 128 Å². The van der Waals surface area contributed by atoms with Crippen LogP contribution >= 0.6 is 11.3 Å². The molecule has 0 bridgehead atoms. The Balaban J connectivity index is 2.13. The SMILES string of the molecule is COc1cc(CNC(C)c2cncs2)cc(OC)c1OC. The van der Waals surface area contributed by atoms with Gasteiger partial charge in [-0.3, -0.25) is 4.98 Å². The second kappa shape index (κ2) is 7.28. The number of aromatic nitrogens is 1. The van der Waals surface area contributed by atoms with Gasteiger partial charge in [0.15, 0.2) is 11.5 Å². The lowest BCUT2D eigenvalue weighted by Gasteiger charge is -2.16. The highest BCUT2D eigenvalue weighted by Gasteiger charge is 2.14. The van der Waals surface area contributed by atoms with Crippen LogP contribution in [0.1, 0.15) is 23.4 Å². The van der Waals surface area contributed by atoms with E-state index in [4.69, 9.17) is 14.2 Å². The van der Waals surface area contributed by atoms with Gasteiger partial charge in [0.1, 0.15) is 0 Å². The zero-order chi connectivity index (χ0) is 15.2. The summed E-state index contributed by atoms with van der Waals surface area (Å²) in [6.07, 6.45) is 1.89. The summed E-state index contributed by atoms with van der Waals surface area (Å²) < 4.78 is 16.0. The summed E-state index contributed by atoms with van der Waals surface area (Å²) in [5, 5.41) is 3.46. The zero-order valence-electron chi connectivity index (χ0n) is 12.7. The van der Waals surface area contributed by atoms with Crippen LogP contribution in [0, 0.1) is 0 Å². The van der Waals surface area contributed by atoms with E-state index in [1.54, 1.807) is 32.7 Å². The maximum Gasteiger partial charge on any atom is 0.203 e. The molecule has 1 N–H and O–H groups in total. The molecule has 0 saturated carbocycles. The predicted octanol–water partition coefficient (Wildman–Crippen LogP) is 3.02. The molecule has 0 fully saturated rings. The van der Waals surface area contributed by atoms with E-state index < -0.39 is 0 Å². The van der Waals surface area contributed by atoms with Gasteiger partial charge in [0, 0.05) is 23.7 Å².